The molecule has 0 saturated carbocycles. The summed E-state index contributed by atoms with van der Waals surface area (Å²) in [6.07, 6.45) is 0.741. The van der Waals surface area contributed by atoms with Gasteiger partial charge in [-0.15, -0.1) is 0 Å². The first kappa shape index (κ1) is 15.2. The molecular weight excluding hydrogens is 288 g/mol. The highest BCUT2D eigenvalue weighted by atomic mass is 32.2. The van der Waals surface area contributed by atoms with Crippen LogP contribution in [0.25, 0.3) is 0 Å². The average molecular weight is 306 g/mol. The fraction of sp³-hybridized carbons (Fsp3) is 0.200. The lowest BCUT2D eigenvalue weighted by Crippen LogP contribution is -2.13. The van der Waals surface area contributed by atoms with Crippen LogP contribution in [0.5, 0.6) is 5.75 Å². The minimum atomic E-state index is -3.73. The number of rotatable bonds is 4. The maximum absolute atomic E-state index is 12.3. The number of benzene rings is 2. The average Bonchev–Trinajstić information content (AvgIpc) is 2.42. The van der Waals surface area contributed by atoms with Crippen molar-refractivity contribution in [3.63, 3.8) is 0 Å². The van der Waals surface area contributed by atoms with E-state index in [1.54, 1.807) is 25.1 Å². The van der Waals surface area contributed by atoms with E-state index in [-0.39, 0.29) is 10.6 Å². The van der Waals surface area contributed by atoms with Gasteiger partial charge in [0.2, 0.25) is 0 Å². The summed E-state index contributed by atoms with van der Waals surface area (Å²) >= 11 is 0. The maximum Gasteiger partial charge on any atom is 0.261 e. The van der Waals surface area contributed by atoms with Gasteiger partial charge in [-0.3, -0.25) is 4.72 Å². The monoisotopic (exact) mass is 306 g/mol. The largest absolute Gasteiger partial charge is 0.508 e. The molecule has 0 radical (unpaired) electrons. The third-order valence-electron chi connectivity index (χ3n) is 3.27. The molecule has 2 aromatic carbocycles. The van der Waals surface area contributed by atoms with Crippen LogP contribution in [0.3, 0.4) is 0 Å². The minimum Gasteiger partial charge on any atom is -0.508 e. The fourth-order valence-electron chi connectivity index (χ4n) is 1.95. The van der Waals surface area contributed by atoms with Gasteiger partial charge in [-0.1, -0.05) is 19.1 Å². The highest BCUT2D eigenvalue weighted by molar-refractivity contribution is 7.92. The number of nitrogen functional groups attached to an aromatic ring is 1. The highest BCUT2D eigenvalue weighted by Crippen LogP contribution is 2.24. The van der Waals surface area contributed by atoms with Crippen molar-refractivity contribution in [1.29, 1.82) is 0 Å². The quantitative estimate of drug-likeness (QED) is 0.757. The van der Waals surface area contributed by atoms with Crippen molar-refractivity contribution < 1.29 is 13.5 Å². The van der Waals surface area contributed by atoms with E-state index in [9.17, 15) is 13.5 Å². The van der Waals surface area contributed by atoms with Crippen molar-refractivity contribution in [1.82, 2.24) is 0 Å². The van der Waals surface area contributed by atoms with E-state index in [2.05, 4.69) is 4.72 Å². The van der Waals surface area contributed by atoms with E-state index in [0.717, 1.165) is 12.0 Å². The first-order valence-corrected chi connectivity index (χ1v) is 8.02. The van der Waals surface area contributed by atoms with Gasteiger partial charge in [0.1, 0.15) is 5.75 Å². The molecule has 0 aromatic heterocycles. The predicted molar refractivity (Wildman–Crippen MR) is 83.9 cm³/mol. The van der Waals surface area contributed by atoms with Crippen LogP contribution in [0, 0.1) is 6.92 Å². The van der Waals surface area contributed by atoms with Crippen molar-refractivity contribution >= 4 is 21.4 Å². The van der Waals surface area contributed by atoms with E-state index in [0.29, 0.717) is 16.9 Å². The van der Waals surface area contributed by atoms with Gasteiger partial charge >= 0.3 is 0 Å². The number of phenols is 1. The lowest BCUT2D eigenvalue weighted by Gasteiger charge is -2.11. The van der Waals surface area contributed by atoms with Gasteiger partial charge in [-0.2, -0.15) is 0 Å². The van der Waals surface area contributed by atoms with Crippen LogP contribution in [-0.2, 0) is 16.4 Å². The van der Waals surface area contributed by atoms with Gasteiger partial charge in [0.15, 0.2) is 0 Å². The van der Waals surface area contributed by atoms with Crippen molar-refractivity contribution in [3.8, 4) is 5.75 Å². The van der Waals surface area contributed by atoms with Gasteiger partial charge in [0.25, 0.3) is 10.0 Å². The number of hydrogen-bond donors (Lipinski definition) is 3. The SMILES string of the molecule is CCc1ccc(S(=O)(=O)Nc2ccc(C)c(O)c2)cc1N. The van der Waals surface area contributed by atoms with Crippen molar-refractivity contribution in [2.75, 3.05) is 10.5 Å². The maximum atomic E-state index is 12.3. The molecular formula is C15H18N2O3S. The molecule has 2 rings (SSSR count). The Morgan fingerprint density at radius 2 is 1.90 bits per heavy atom. The van der Waals surface area contributed by atoms with Crippen LogP contribution in [0.2, 0.25) is 0 Å². The molecule has 0 atom stereocenters. The predicted octanol–water partition coefficient (Wildman–Crippen LogP) is 2.65. The molecule has 0 unspecified atom stereocenters. The third kappa shape index (κ3) is 3.28. The van der Waals surface area contributed by atoms with Gasteiger partial charge in [0, 0.05) is 11.8 Å². The van der Waals surface area contributed by atoms with Crippen molar-refractivity contribution in [2.24, 2.45) is 0 Å². The van der Waals surface area contributed by atoms with E-state index in [1.807, 2.05) is 6.92 Å². The summed E-state index contributed by atoms with van der Waals surface area (Å²) in [5.41, 5.74) is 8.17. The summed E-state index contributed by atoms with van der Waals surface area (Å²) in [4.78, 5) is 0.0947. The number of anilines is 2. The number of nitrogens with one attached hydrogen (secondary N) is 1. The number of aromatic hydroxyl groups is 1. The molecule has 6 heteroatoms. The Labute approximate surface area is 124 Å². The van der Waals surface area contributed by atoms with Crippen LogP contribution in [0.1, 0.15) is 18.1 Å². The molecule has 112 valence electrons. The van der Waals surface area contributed by atoms with Crippen molar-refractivity contribution in [3.05, 3.63) is 47.5 Å². The molecule has 0 aliphatic rings. The number of phenolic OH excluding ortho intramolecular Hbond substituents is 1. The van der Waals surface area contributed by atoms with Crippen molar-refractivity contribution in [2.45, 2.75) is 25.2 Å². The summed E-state index contributed by atoms with van der Waals surface area (Å²) in [5, 5.41) is 9.63. The first-order valence-electron chi connectivity index (χ1n) is 6.54. The molecule has 0 saturated heterocycles. The molecule has 5 nitrogen and oxygen atoms in total. The third-order valence-corrected chi connectivity index (χ3v) is 4.65. The molecule has 0 amide bonds. The summed E-state index contributed by atoms with van der Waals surface area (Å²) in [5.74, 6) is 0.0380. The molecule has 0 spiro atoms. The van der Waals surface area contributed by atoms with E-state index in [4.69, 9.17) is 5.73 Å². The standard InChI is InChI=1S/C15H18N2O3S/c1-3-11-5-7-13(9-14(11)16)21(19,20)17-12-6-4-10(2)15(18)8-12/h4-9,17-18H,3,16H2,1-2H3. The number of hydrogen-bond acceptors (Lipinski definition) is 4. The van der Waals surface area contributed by atoms with Crippen LogP contribution in [0.15, 0.2) is 41.3 Å². The topological polar surface area (TPSA) is 92.4 Å². The van der Waals surface area contributed by atoms with Crippen LogP contribution < -0.4 is 10.5 Å². The molecule has 0 fully saturated rings. The molecule has 0 bridgehead atoms. The lowest BCUT2D eigenvalue weighted by molar-refractivity contribution is 0.471. The first-order chi connectivity index (χ1) is 9.83. The Morgan fingerprint density at radius 3 is 2.48 bits per heavy atom. The Bertz CT molecular complexity index is 770. The second-order valence-electron chi connectivity index (χ2n) is 4.82. The van der Waals surface area contributed by atoms with E-state index < -0.39 is 10.0 Å². The summed E-state index contributed by atoms with van der Waals surface area (Å²) in [6, 6.07) is 9.27. The van der Waals surface area contributed by atoms with Crippen LogP contribution in [0.4, 0.5) is 11.4 Å². The van der Waals surface area contributed by atoms with Gasteiger partial charge in [0.05, 0.1) is 10.6 Å². The smallest absolute Gasteiger partial charge is 0.261 e. The van der Waals surface area contributed by atoms with E-state index in [1.165, 1.54) is 18.2 Å². The number of nitrogens with two attached hydrogens (primary N) is 1. The summed E-state index contributed by atoms with van der Waals surface area (Å²) < 4.78 is 27.0. The zero-order valence-electron chi connectivity index (χ0n) is 11.9. The molecule has 0 aliphatic heterocycles. The van der Waals surface area contributed by atoms with Crippen LogP contribution >= 0.6 is 0 Å². The second kappa shape index (κ2) is 5.65. The van der Waals surface area contributed by atoms with Crippen LogP contribution in [-0.4, -0.2) is 13.5 Å². The van der Waals surface area contributed by atoms with E-state index >= 15 is 0 Å². The summed E-state index contributed by atoms with van der Waals surface area (Å²) in [7, 11) is -3.73. The Kier molecular flexibility index (Phi) is 4.09. The normalized spacial score (nSPS) is 11.3. The number of aryl methyl sites for hydroxylation is 2. The number of sulfonamides is 1. The lowest BCUT2D eigenvalue weighted by atomic mass is 10.1. The van der Waals surface area contributed by atoms with Gasteiger partial charge < -0.3 is 10.8 Å². The minimum absolute atomic E-state index is 0.0380. The molecule has 4 N–H and O–H groups in total. The fourth-order valence-corrected chi connectivity index (χ4v) is 3.03. The Hall–Kier alpha value is -2.21. The Balaban J connectivity index is 2.33. The molecule has 2 aromatic rings. The molecule has 0 aliphatic carbocycles. The highest BCUT2D eigenvalue weighted by Gasteiger charge is 2.16. The Morgan fingerprint density at radius 1 is 1.19 bits per heavy atom. The zero-order chi connectivity index (χ0) is 15.6. The van der Waals surface area contributed by atoms with Gasteiger partial charge in [-0.05, 0) is 42.7 Å². The second-order valence-corrected chi connectivity index (χ2v) is 6.50. The zero-order valence-corrected chi connectivity index (χ0v) is 12.7. The van der Waals surface area contributed by atoms with Gasteiger partial charge in [-0.25, -0.2) is 8.42 Å². The molecule has 21 heavy (non-hydrogen) atoms. The molecule has 0 heterocycles. The summed E-state index contributed by atoms with van der Waals surface area (Å²) in [6.45, 7) is 3.69.